The molecule has 3 rings (SSSR count). The molecule has 1 spiro atoms. The van der Waals surface area contributed by atoms with Crippen molar-refractivity contribution < 1.29 is 9.47 Å². The lowest BCUT2D eigenvalue weighted by Gasteiger charge is -2.25. The molecule has 5 nitrogen and oxygen atoms in total. The molecule has 0 saturated carbocycles. The zero-order valence-electron chi connectivity index (χ0n) is 15.5. The number of aliphatic imine (C=N–C) groups is 1. The number of aryl methyl sites for hydroxylation is 1. The lowest BCUT2D eigenvalue weighted by atomic mass is 9.87. The zero-order valence-corrected chi connectivity index (χ0v) is 17.8. The Bertz CT molecular complexity index is 600. The highest BCUT2D eigenvalue weighted by Crippen LogP contribution is 2.38. The number of rotatable bonds is 4. The van der Waals surface area contributed by atoms with Crippen LogP contribution in [0.2, 0.25) is 0 Å². The molecule has 2 saturated heterocycles. The third-order valence-electron chi connectivity index (χ3n) is 5.14. The first-order valence-electron chi connectivity index (χ1n) is 8.90. The smallest absolute Gasteiger partial charge is 0.194 e. The van der Waals surface area contributed by atoms with Gasteiger partial charge in [0.2, 0.25) is 0 Å². The molecule has 6 heteroatoms. The fraction of sp³-hybridized carbons (Fsp3) is 0.632. The van der Waals surface area contributed by atoms with Crippen LogP contribution < -0.4 is 10.1 Å². The van der Waals surface area contributed by atoms with Gasteiger partial charge in [-0.3, -0.25) is 0 Å². The topological polar surface area (TPSA) is 46.1 Å². The Labute approximate surface area is 168 Å². The Morgan fingerprint density at radius 3 is 2.92 bits per heavy atom. The standard InChI is InChI=1S/C19H29N3O2.HI/c1-4-20-18(22-9-7-19(13-22)8-10-24-14-19)21-12-16-6-5-15(2)17(11-16)23-3;/h5-6,11H,4,7-10,12-14H2,1-3H3,(H,20,21);1H. The summed E-state index contributed by atoms with van der Waals surface area (Å²) in [6, 6.07) is 6.30. The average molecular weight is 459 g/mol. The maximum atomic E-state index is 5.64. The molecule has 2 aliphatic rings. The fourth-order valence-electron chi connectivity index (χ4n) is 3.64. The van der Waals surface area contributed by atoms with E-state index in [1.165, 1.54) is 18.4 Å². The summed E-state index contributed by atoms with van der Waals surface area (Å²) in [5.41, 5.74) is 2.68. The van der Waals surface area contributed by atoms with Gasteiger partial charge < -0.3 is 19.7 Å². The van der Waals surface area contributed by atoms with Gasteiger partial charge in [-0.05, 0) is 43.9 Å². The molecule has 0 aromatic heterocycles. The maximum Gasteiger partial charge on any atom is 0.194 e. The largest absolute Gasteiger partial charge is 0.496 e. The van der Waals surface area contributed by atoms with E-state index in [0.717, 1.165) is 50.1 Å². The van der Waals surface area contributed by atoms with Gasteiger partial charge in [0.1, 0.15) is 5.75 Å². The van der Waals surface area contributed by atoms with Crippen molar-refractivity contribution >= 4 is 29.9 Å². The van der Waals surface area contributed by atoms with E-state index in [1.807, 2.05) is 0 Å². The van der Waals surface area contributed by atoms with Crippen LogP contribution in [-0.4, -0.2) is 50.8 Å². The summed E-state index contributed by atoms with van der Waals surface area (Å²) in [6.45, 7) is 9.65. The Morgan fingerprint density at radius 1 is 1.40 bits per heavy atom. The van der Waals surface area contributed by atoms with Crippen LogP contribution in [0.1, 0.15) is 30.9 Å². The SMILES string of the molecule is CCNC(=NCc1ccc(C)c(OC)c1)N1CCC2(CCOC2)C1.I. The van der Waals surface area contributed by atoms with Crippen LogP contribution in [0.3, 0.4) is 0 Å². The van der Waals surface area contributed by atoms with Gasteiger partial charge in [-0.15, -0.1) is 24.0 Å². The highest BCUT2D eigenvalue weighted by atomic mass is 127. The Balaban J connectivity index is 0.00000225. The first kappa shape index (κ1) is 20.3. The van der Waals surface area contributed by atoms with E-state index >= 15 is 0 Å². The first-order valence-corrected chi connectivity index (χ1v) is 8.90. The molecule has 2 aliphatic heterocycles. The molecular formula is C19H30IN3O2. The van der Waals surface area contributed by atoms with Crippen molar-refractivity contribution in [1.29, 1.82) is 0 Å². The molecule has 25 heavy (non-hydrogen) atoms. The average Bonchev–Trinajstić information content (AvgIpc) is 3.23. The molecule has 0 amide bonds. The van der Waals surface area contributed by atoms with Gasteiger partial charge in [0.25, 0.3) is 0 Å². The van der Waals surface area contributed by atoms with Crippen LogP contribution in [0.5, 0.6) is 5.75 Å². The molecule has 2 fully saturated rings. The Morgan fingerprint density at radius 2 is 2.24 bits per heavy atom. The van der Waals surface area contributed by atoms with Gasteiger partial charge in [-0.25, -0.2) is 4.99 Å². The monoisotopic (exact) mass is 459 g/mol. The van der Waals surface area contributed by atoms with Crippen LogP contribution in [-0.2, 0) is 11.3 Å². The van der Waals surface area contributed by atoms with Crippen molar-refractivity contribution in [2.45, 2.75) is 33.2 Å². The van der Waals surface area contributed by atoms with Gasteiger partial charge >= 0.3 is 0 Å². The minimum atomic E-state index is 0. The summed E-state index contributed by atoms with van der Waals surface area (Å²) in [5, 5.41) is 3.45. The summed E-state index contributed by atoms with van der Waals surface area (Å²) in [4.78, 5) is 7.25. The van der Waals surface area contributed by atoms with Crippen LogP contribution >= 0.6 is 24.0 Å². The van der Waals surface area contributed by atoms with Crippen molar-refractivity contribution in [1.82, 2.24) is 10.2 Å². The lowest BCUT2D eigenvalue weighted by Crippen LogP contribution is -2.41. The third-order valence-corrected chi connectivity index (χ3v) is 5.14. The number of ether oxygens (including phenoxy) is 2. The van der Waals surface area contributed by atoms with E-state index in [0.29, 0.717) is 12.0 Å². The fourth-order valence-corrected chi connectivity index (χ4v) is 3.64. The van der Waals surface area contributed by atoms with E-state index in [9.17, 15) is 0 Å². The number of methoxy groups -OCH3 is 1. The van der Waals surface area contributed by atoms with Crippen molar-refractivity contribution in [2.75, 3.05) is 40.0 Å². The summed E-state index contributed by atoms with van der Waals surface area (Å²) in [7, 11) is 1.72. The van der Waals surface area contributed by atoms with E-state index in [-0.39, 0.29) is 24.0 Å². The normalized spacial score (nSPS) is 23.0. The van der Waals surface area contributed by atoms with Crippen molar-refractivity contribution in [3.63, 3.8) is 0 Å². The highest BCUT2D eigenvalue weighted by molar-refractivity contribution is 14.0. The summed E-state index contributed by atoms with van der Waals surface area (Å²) < 4.78 is 11.1. The lowest BCUT2D eigenvalue weighted by molar-refractivity contribution is 0.156. The molecule has 1 atom stereocenters. The summed E-state index contributed by atoms with van der Waals surface area (Å²) >= 11 is 0. The number of nitrogens with zero attached hydrogens (tertiary/aromatic N) is 2. The number of guanidine groups is 1. The third kappa shape index (κ3) is 4.78. The van der Waals surface area contributed by atoms with E-state index < -0.39 is 0 Å². The van der Waals surface area contributed by atoms with Gasteiger partial charge in [0.05, 0.1) is 20.3 Å². The van der Waals surface area contributed by atoms with E-state index in [1.54, 1.807) is 7.11 Å². The molecule has 1 aromatic carbocycles. The molecule has 0 radical (unpaired) electrons. The zero-order chi connectivity index (χ0) is 17.0. The van der Waals surface area contributed by atoms with Crippen molar-refractivity contribution in [2.24, 2.45) is 10.4 Å². The second-order valence-corrected chi connectivity index (χ2v) is 6.95. The van der Waals surface area contributed by atoms with Gasteiger partial charge in [-0.1, -0.05) is 12.1 Å². The number of benzene rings is 1. The molecule has 1 N–H and O–H groups in total. The maximum absolute atomic E-state index is 5.64. The minimum Gasteiger partial charge on any atom is -0.496 e. The first-order chi connectivity index (χ1) is 11.7. The second-order valence-electron chi connectivity index (χ2n) is 6.95. The second kappa shape index (κ2) is 9.07. The molecular weight excluding hydrogens is 429 g/mol. The Kier molecular flexibility index (Phi) is 7.37. The van der Waals surface area contributed by atoms with Crippen LogP contribution in [0.25, 0.3) is 0 Å². The molecule has 140 valence electrons. The van der Waals surface area contributed by atoms with Crippen LogP contribution in [0.4, 0.5) is 0 Å². The van der Waals surface area contributed by atoms with Crippen molar-refractivity contribution in [3.05, 3.63) is 29.3 Å². The Hall–Kier alpha value is -1.02. The van der Waals surface area contributed by atoms with E-state index in [4.69, 9.17) is 14.5 Å². The molecule has 0 aliphatic carbocycles. The van der Waals surface area contributed by atoms with Crippen molar-refractivity contribution in [3.8, 4) is 5.75 Å². The minimum absolute atomic E-state index is 0. The predicted molar refractivity (Wildman–Crippen MR) is 112 cm³/mol. The van der Waals surface area contributed by atoms with Gasteiger partial charge in [-0.2, -0.15) is 0 Å². The molecule has 2 heterocycles. The molecule has 0 bridgehead atoms. The summed E-state index contributed by atoms with van der Waals surface area (Å²) in [5.74, 6) is 1.94. The molecule has 1 aromatic rings. The number of hydrogen-bond donors (Lipinski definition) is 1. The number of hydrogen-bond acceptors (Lipinski definition) is 3. The predicted octanol–water partition coefficient (Wildman–Crippen LogP) is 3.20. The van der Waals surface area contributed by atoms with Crippen LogP contribution in [0, 0.1) is 12.3 Å². The van der Waals surface area contributed by atoms with E-state index in [2.05, 4.69) is 42.3 Å². The van der Waals surface area contributed by atoms with Gasteiger partial charge in [0.15, 0.2) is 5.96 Å². The highest BCUT2D eigenvalue weighted by Gasteiger charge is 2.42. The summed E-state index contributed by atoms with van der Waals surface area (Å²) in [6.07, 6.45) is 2.38. The van der Waals surface area contributed by atoms with Crippen LogP contribution in [0.15, 0.2) is 23.2 Å². The number of nitrogens with one attached hydrogen (secondary N) is 1. The number of likely N-dealkylation sites (tertiary alicyclic amines) is 1. The number of halogens is 1. The quantitative estimate of drug-likeness (QED) is 0.427. The van der Waals surface area contributed by atoms with Gasteiger partial charge in [0, 0.05) is 31.7 Å². The molecule has 1 unspecified atom stereocenters.